The summed E-state index contributed by atoms with van der Waals surface area (Å²) < 4.78 is 0. The summed E-state index contributed by atoms with van der Waals surface area (Å²) in [5.41, 5.74) is 2.64. The van der Waals surface area contributed by atoms with Crippen LogP contribution >= 0.6 is 0 Å². The highest BCUT2D eigenvalue weighted by Gasteiger charge is 2.10. The van der Waals surface area contributed by atoms with Gasteiger partial charge in [-0.15, -0.1) is 0 Å². The first kappa shape index (κ1) is 15.0. The summed E-state index contributed by atoms with van der Waals surface area (Å²) in [4.78, 5) is 16.3. The van der Waals surface area contributed by atoms with Crippen molar-refractivity contribution in [1.82, 2.24) is 20.5 Å². The molecule has 1 amide bonds. The van der Waals surface area contributed by atoms with Crippen LogP contribution in [0.4, 0.5) is 5.69 Å². The minimum Gasteiger partial charge on any atom is -0.385 e. The Morgan fingerprint density at radius 2 is 2.24 bits per heavy atom. The third kappa shape index (κ3) is 4.30. The van der Waals surface area contributed by atoms with E-state index in [9.17, 15) is 4.79 Å². The van der Waals surface area contributed by atoms with Crippen LogP contribution in [0.5, 0.6) is 0 Å². The number of aryl methyl sites for hydroxylation is 2. The number of hydrogen-bond acceptors (Lipinski definition) is 4. The van der Waals surface area contributed by atoms with Gasteiger partial charge >= 0.3 is 0 Å². The van der Waals surface area contributed by atoms with Gasteiger partial charge in [0.05, 0.1) is 5.56 Å². The maximum absolute atomic E-state index is 12.3. The van der Waals surface area contributed by atoms with Gasteiger partial charge in [0.2, 0.25) is 0 Å². The fraction of sp³-hybridized carbons (Fsp3) is 0.400. The van der Waals surface area contributed by atoms with Crippen molar-refractivity contribution in [2.45, 2.75) is 26.7 Å². The largest absolute Gasteiger partial charge is 0.385 e. The normalized spacial score (nSPS) is 10.4. The molecule has 6 nitrogen and oxygen atoms in total. The maximum Gasteiger partial charge on any atom is 0.253 e. The van der Waals surface area contributed by atoms with Crippen molar-refractivity contribution in [2.75, 3.05) is 18.4 Å². The zero-order valence-corrected chi connectivity index (χ0v) is 12.4. The predicted molar refractivity (Wildman–Crippen MR) is 82.4 cm³/mol. The molecule has 1 heterocycles. The molecular formula is C15H21N5O. The highest BCUT2D eigenvalue weighted by Crippen LogP contribution is 2.17. The molecule has 0 spiro atoms. The lowest BCUT2D eigenvalue weighted by Gasteiger charge is -2.12. The summed E-state index contributed by atoms with van der Waals surface area (Å²) >= 11 is 0. The molecule has 2 aromatic rings. The van der Waals surface area contributed by atoms with Crippen molar-refractivity contribution in [1.29, 1.82) is 0 Å². The van der Waals surface area contributed by atoms with Gasteiger partial charge in [-0.2, -0.15) is 5.10 Å². The van der Waals surface area contributed by atoms with Crippen molar-refractivity contribution >= 4 is 11.6 Å². The second-order valence-electron chi connectivity index (χ2n) is 4.87. The van der Waals surface area contributed by atoms with Crippen molar-refractivity contribution in [3.05, 3.63) is 41.5 Å². The van der Waals surface area contributed by atoms with Gasteiger partial charge in [-0.05, 0) is 32.4 Å². The van der Waals surface area contributed by atoms with Crippen molar-refractivity contribution in [2.24, 2.45) is 0 Å². The number of H-pyrrole nitrogens is 1. The number of aromatic amines is 1. The fourth-order valence-corrected chi connectivity index (χ4v) is 2.09. The van der Waals surface area contributed by atoms with E-state index in [-0.39, 0.29) is 5.91 Å². The standard InChI is InChI=1S/C15H21N5O/c1-3-16-13-7-6-11(2)9-12(13)15(21)17-8-4-5-14-18-10-19-20-14/h6-7,9-10,16H,3-5,8H2,1-2H3,(H,17,21)(H,18,19,20). The van der Waals surface area contributed by atoms with Gasteiger partial charge < -0.3 is 10.6 Å². The van der Waals surface area contributed by atoms with E-state index in [1.807, 2.05) is 32.0 Å². The van der Waals surface area contributed by atoms with Gasteiger partial charge in [0, 0.05) is 25.2 Å². The minimum absolute atomic E-state index is 0.0489. The van der Waals surface area contributed by atoms with Crippen LogP contribution in [0.1, 0.15) is 35.1 Å². The van der Waals surface area contributed by atoms with E-state index in [1.54, 1.807) is 0 Å². The summed E-state index contributed by atoms with van der Waals surface area (Å²) in [6.07, 6.45) is 3.08. The summed E-state index contributed by atoms with van der Waals surface area (Å²) in [6, 6.07) is 5.85. The number of benzene rings is 1. The molecule has 0 fully saturated rings. The number of amides is 1. The molecule has 1 aromatic heterocycles. The number of anilines is 1. The summed E-state index contributed by atoms with van der Waals surface area (Å²) in [5, 5.41) is 12.8. The Morgan fingerprint density at radius 3 is 2.95 bits per heavy atom. The van der Waals surface area contributed by atoms with Gasteiger partial charge in [0.25, 0.3) is 5.91 Å². The number of hydrogen-bond donors (Lipinski definition) is 3. The van der Waals surface area contributed by atoms with E-state index >= 15 is 0 Å². The van der Waals surface area contributed by atoms with Crippen molar-refractivity contribution < 1.29 is 4.79 Å². The monoisotopic (exact) mass is 287 g/mol. The lowest BCUT2D eigenvalue weighted by Crippen LogP contribution is -2.26. The van der Waals surface area contributed by atoms with Crippen molar-refractivity contribution in [3.8, 4) is 0 Å². The lowest BCUT2D eigenvalue weighted by atomic mass is 10.1. The highest BCUT2D eigenvalue weighted by atomic mass is 16.1. The zero-order valence-electron chi connectivity index (χ0n) is 12.4. The van der Waals surface area contributed by atoms with Gasteiger partial charge in [-0.25, -0.2) is 4.98 Å². The molecule has 0 aliphatic carbocycles. The molecule has 6 heteroatoms. The second kappa shape index (κ2) is 7.42. The number of carbonyl (C=O) groups is 1. The number of carbonyl (C=O) groups excluding carboxylic acids is 1. The summed E-state index contributed by atoms with van der Waals surface area (Å²) in [5.74, 6) is 0.792. The molecule has 1 aromatic carbocycles. The Labute approximate surface area is 124 Å². The molecule has 0 saturated heterocycles. The molecule has 0 bridgehead atoms. The quantitative estimate of drug-likeness (QED) is 0.679. The van der Waals surface area contributed by atoms with E-state index in [0.29, 0.717) is 12.1 Å². The van der Waals surface area contributed by atoms with E-state index in [4.69, 9.17) is 0 Å². The van der Waals surface area contributed by atoms with E-state index < -0.39 is 0 Å². The third-order valence-electron chi connectivity index (χ3n) is 3.13. The van der Waals surface area contributed by atoms with Crippen LogP contribution in [0.25, 0.3) is 0 Å². The first-order chi connectivity index (χ1) is 10.2. The van der Waals surface area contributed by atoms with E-state index in [1.165, 1.54) is 6.33 Å². The van der Waals surface area contributed by atoms with Gasteiger partial charge in [-0.1, -0.05) is 11.6 Å². The van der Waals surface area contributed by atoms with Crippen LogP contribution < -0.4 is 10.6 Å². The van der Waals surface area contributed by atoms with Gasteiger partial charge in [0.1, 0.15) is 12.2 Å². The second-order valence-corrected chi connectivity index (χ2v) is 4.87. The third-order valence-corrected chi connectivity index (χ3v) is 3.13. The molecule has 0 aliphatic heterocycles. The van der Waals surface area contributed by atoms with Crippen LogP contribution in [0.3, 0.4) is 0 Å². The van der Waals surface area contributed by atoms with Crippen LogP contribution in [0.2, 0.25) is 0 Å². The predicted octanol–water partition coefficient (Wildman–Crippen LogP) is 1.91. The number of nitrogens with zero attached hydrogens (tertiary/aromatic N) is 2. The van der Waals surface area contributed by atoms with E-state index in [2.05, 4.69) is 25.8 Å². The molecule has 0 aliphatic rings. The Kier molecular flexibility index (Phi) is 5.31. The summed E-state index contributed by atoms with van der Waals surface area (Å²) in [6.45, 7) is 5.39. The Bertz CT molecular complexity index is 580. The zero-order chi connectivity index (χ0) is 15.1. The highest BCUT2D eigenvalue weighted by molar-refractivity contribution is 5.99. The first-order valence-corrected chi connectivity index (χ1v) is 7.17. The fourth-order valence-electron chi connectivity index (χ4n) is 2.09. The molecule has 0 radical (unpaired) electrons. The van der Waals surface area contributed by atoms with Gasteiger partial charge in [0.15, 0.2) is 0 Å². The Morgan fingerprint density at radius 1 is 1.38 bits per heavy atom. The molecule has 2 rings (SSSR count). The maximum atomic E-state index is 12.3. The number of nitrogens with one attached hydrogen (secondary N) is 3. The van der Waals surface area contributed by atoms with Crippen molar-refractivity contribution in [3.63, 3.8) is 0 Å². The topological polar surface area (TPSA) is 82.7 Å². The number of rotatable bonds is 7. The minimum atomic E-state index is -0.0489. The molecule has 21 heavy (non-hydrogen) atoms. The number of aromatic nitrogens is 3. The van der Waals surface area contributed by atoms with E-state index in [0.717, 1.165) is 36.5 Å². The SMILES string of the molecule is CCNc1ccc(C)cc1C(=O)NCCCc1ncn[nH]1. The Balaban J connectivity index is 1.88. The summed E-state index contributed by atoms with van der Waals surface area (Å²) in [7, 11) is 0. The van der Waals surface area contributed by atoms with Crippen LogP contribution in [0, 0.1) is 6.92 Å². The molecule has 3 N–H and O–H groups in total. The molecule has 112 valence electrons. The lowest BCUT2D eigenvalue weighted by molar-refractivity contribution is 0.0954. The first-order valence-electron chi connectivity index (χ1n) is 7.17. The molecular weight excluding hydrogens is 266 g/mol. The average molecular weight is 287 g/mol. The average Bonchev–Trinajstić information content (AvgIpc) is 2.99. The Hall–Kier alpha value is -2.37. The van der Waals surface area contributed by atoms with Crippen LogP contribution in [-0.4, -0.2) is 34.2 Å². The van der Waals surface area contributed by atoms with Crippen LogP contribution in [-0.2, 0) is 6.42 Å². The molecule has 0 saturated carbocycles. The molecule has 0 unspecified atom stereocenters. The van der Waals surface area contributed by atoms with Crippen LogP contribution in [0.15, 0.2) is 24.5 Å². The molecule has 0 atom stereocenters. The van der Waals surface area contributed by atoms with Gasteiger partial charge in [-0.3, -0.25) is 9.89 Å². The smallest absolute Gasteiger partial charge is 0.253 e.